The summed E-state index contributed by atoms with van der Waals surface area (Å²) in [6.45, 7) is 0.631. The lowest BCUT2D eigenvalue weighted by Crippen LogP contribution is -2.33. The highest BCUT2D eigenvalue weighted by Crippen LogP contribution is 2.10. The highest BCUT2D eigenvalue weighted by Gasteiger charge is 2.27. The summed E-state index contributed by atoms with van der Waals surface area (Å²) in [6, 6.07) is 3.27. The van der Waals surface area contributed by atoms with Crippen molar-refractivity contribution in [1.29, 1.82) is 0 Å². The van der Waals surface area contributed by atoms with Crippen molar-refractivity contribution in [2.24, 2.45) is 5.92 Å². The molecule has 1 fully saturated rings. The van der Waals surface area contributed by atoms with Crippen LogP contribution in [-0.4, -0.2) is 24.9 Å². The van der Waals surface area contributed by atoms with Gasteiger partial charge in [-0.15, -0.1) is 0 Å². The van der Waals surface area contributed by atoms with Gasteiger partial charge in [0.2, 0.25) is 11.8 Å². The molecule has 2 amide bonds. The topological polar surface area (TPSA) is 58.2 Å². The zero-order valence-corrected chi connectivity index (χ0v) is 10.2. The highest BCUT2D eigenvalue weighted by atomic mass is 19.1. The van der Waals surface area contributed by atoms with Crippen LogP contribution in [0.2, 0.25) is 0 Å². The molecule has 1 aliphatic heterocycles. The number of rotatable bonds is 4. The second kappa shape index (κ2) is 5.77. The molecule has 1 saturated heterocycles. The molecule has 1 aromatic rings. The van der Waals surface area contributed by atoms with Gasteiger partial charge in [-0.05, 0) is 24.1 Å². The van der Waals surface area contributed by atoms with Gasteiger partial charge in [0.25, 0.3) is 0 Å². The van der Waals surface area contributed by atoms with Crippen molar-refractivity contribution < 1.29 is 18.4 Å². The molecule has 1 heterocycles. The first kappa shape index (κ1) is 13.5. The first-order valence-electron chi connectivity index (χ1n) is 6.04. The van der Waals surface area contributed by atoms with Crippen molar-refractivity contribution in [3.63, 3.8) is 0 Å². The third kappa shape index (κ3) is 3.74. The minimum Gasteiger partial charge on any atom is -0.355 e. The zero-order valence-electron chi connectivity index (χ0n) is 10.2. The smallest absolute Gasteiger partial charge is 0.225 e. The van der Waals surface area contributed by atoms with E-state index in [1.165, 1.54) is 12.1 Å². The molecule has 102 valence electrons. The number of hydrogen-bond donors (Lipinski definition) is 2. The molecule has 19 heavy (non-hydrogen) atoms. The Kier molecular flexibility index (Phi) is 4.09. The van der Waals surface area contributed by atoms with E-state index in [1.54, 1.807) is 0 Å². The van der Waals surface area contributed by atoms with Gasteiger partial charge in [-0.2, -0.15) is 0 Å². The minimum atomic E-state index is -0.632. The summed E-state index contributed by atoms with van der Waals surface area (Å²) in [5, 5.41) is 5.23. The summed E-state index contributed by atoms with van der Waals surface area (Å²) in [4.78, 5) is 22.6. The van der Waals surface area contributed by atoms with E-state index in [0.29, 0.717) is 18.5 Å². The summed E-state index contributed by atoms with van der Waals surface area (Å²) in [7, 11) is 0. The van der Waals surface area contributed by atoms with Crippen LogP contribution >= 0.6 is 0 Å². The van der Waals surface area contributed by atoms with E-state index < -0.39 is 11.6 Å². The molecule has 0 saturated carbocycles. The van der Waals surface area contributed by atoms with Crippen LogP contribution in [0.5, 0.6) is 0 Å². The molecule has 1 atom stereocenters. The first-order chi connectivity index (χ1) is 9.04. The number of hydrogen-bond acceptors (Lipinski definition) is 2. The van der Waals surface area contributed by atoms with Gasteiger partial charge in [0.05, 0.1) is 5.92 Å². The van der Waals surface area contributed by atoms with Gasteiger partial charge in [-0.1, -0.05) is 0 Å². The Morgan fingerprint density at radius 2 is 2.00 bits per heavy atom. The van der Waals surface area contributed by atoms with E-state index in [4.69, 9.17) is 0 Å². The monoisotopic (exact) mass is 268 g/mol. The molecule has 2 N–H and O–H groups in total. The Hall–Kier alpha value is -1.98. The van der Waals surface area contributed by atoms with Gasteiger partial charge >= 0.3 is 0 Å². The van der Waals surface area contributed by atoms with Crippen LogP contribution in [0.15, 0.2) is 18.2 Å². The average Bonchev–Trinajstić information content (AvgIpc) is 2.74. The zero-order chi connectivity index (χ0) is 13.8. The van der Waals surface area contributed by atoms with Crippen molar-refractivity contribution in [3.8, 4) is 0 Å². The Morgan fingerprint density at radius 3 is 2.58 bits per heavy atom. The van der Waals surface area contributed by atoms with Crippen LogP contribution in [0, 0.1) is 17.6 Å². The van der Waals surface area contributed by atoms with Crippen molar-refractivity contribution in [1.82, 2.24) is 10.6 Å². The molecule has 2 rings (SSSR count). The number of halogens is 2. The van der Waals surface area contributed by atoms with E-state index in [2.05, 4.69) is 10.6 Å². The van der Waals surface area contributed by atoms with Crippen LogP contribution in [0.1, 0.15) is 12.0 Å². The quantitative estimate of drug-likeness (QED) is 0.847. The van der Waals surface area contributed by atoms with Crippen LogP contribution in [0.3, 0.4) is 0 Å². The Labute approximate surface area is 109 Å². The third-order valence-corrected chi connectivity index (χ3v) is 2.98. The fraction of sp³-hybridized carbons (Fsp3) is 0.385. The summed E-state index contributed by atoms with van der Waals surface area (Å²) < 4.78 is 25.9. The predicted molar refractivity (Wildman–Crippen MR) is 64.2 cm³/mol. The number of carbonyl (C=O) groups is 2. The summed E-state index contributed by atoms with van der Waals surface area (Å²) in [5.74, 6) is -1.96. The molecule has 0 aromatic heterocycles. The number of benzene rings is 1. The number of amides is 2. The number of carbonyl (C=O) groups excluding carboxylic acids is 2. The summed E-state index contributed by atoms with van der Waals surface area (Å²) in [5.41, 5.74) is 0.485. The molecule has 1 unspecified atom stereocenters. The Balaban J connectivity index is 1.80. The van der Waals surface area contributed by atoms with E-state index in [0.717, 1.165) is 6.07 Å². The first-order valence-corrected chi connectivity index (χ1v) is 6.04. The Bertz CT molecular complexity index is 485. The molecule has 1 aliphatic rings. The second-order valence-corrected chi connectivity index (χ2v) is 4.52. The summed E-state index contributed by atoms with van der Waals surface area (Å²) >= 11 is 0. The maximum absolute atomic E-state index is 12.9. The van der Waals surface area contributed by atoms with E-state index >= 15 is 0 Å². The van der Waals surface area contributed by atoms with Gasteiger partial charge in [0.1, 0.15) is 11.6 Å². The van der Waals surface area contributed by atoms with Crippen molar-refractivity contribution >= 4 is 11.8 Å². The predicted octanol–water partition coefficient (Wildman–Crippen LogP) is 0.760. The molecule has 0 radical (unpaired) electrons. The second-order valence-electron chi connectivity index (χ2n) is 4.52. The van der Waals surface area contributed by atoms with Gasteiger partial charge in [-0.3, -0.25) is 9.59 Å². The molecular weight excluding hydrogens is 254 g/mol. The fourth-order valence-corrected chi connectivity index (χ4v) is 2.02. The molecule has 4 nitrogen and oxygen atoms in total. The molecule has 0 spiro atoms. The largest absolute Gasteiger partial charge is 0.355 e. The van der Waals surface area contributed by atoms with Crippen LogP contribution in [0.25, 0.3) is 0 Å². The standard InChI is InChI=1S/C13H14F2N2O2/c14-10-3-8(4-11(15)6-10)1-2-16-13(19)9-5-12(18)17-7-9/h3-4,6,9H,1-2,5,7H2,(H,16,19)(H,17,18). The molecule has 0 aliphatic carbocycles. The van der Waals surface area contributed by atoms with E-state index in [-0.39, 0.29) is 30.7 Å². The van der Waals surface area contributed by atoms with E-state index in [1.807, 2.05) is 0 Å². The lowest BCUT2D eigenvalue weighted by Gasteiger charge is -2.09. The van der Waals surface area contributed by atoms with Gasteiger partial charge < -0.3 is 10.6 Å². The molecule has 1 aromatic carbocycles. The van der Waals surface area contributed by atoms with Crippen molar-refractivity contribution in [3.05, 3.63) is 35.4 Å². The highest BCUT2D eigenvalue weighted by molar-refractivity contribution is 5.89. The third-order valence-electron chi connectivity index (χ3n) is 2.98. The van der Waals surface area contributed by atoms with Crippen molar-refractivity contribution in [2.45, 2.75) is 12.8 Å². The average molecular weight is 268 g/mol. The van der Waals surface area contributed by atoms with Gasteiger partial charge in [0, 0.05) is 25.6 Å². The normalized spacial score (nSPS) is 18.2. The lowest BCUT2D eigenvalue weighted by molar-refractivity contribution is -0.126. The van der Waals surface area contributed by atoms with Crippen LogP contribution in [-0.2, 0) is 16.0 Å². The summed E-state index contributed by atoms with van der Waals surface area (Å²) in [6.07, 6.45) is 0.537. The van der Waals surface area contributed by atoms with Crippen LogP contribution < -0.4 is 10.6 Å². The fourth-order valence-electron chi connectivity index (χ4n) is 2.02. The maximum Gasteiger partial charge on any atom is 0.225 e. The molecule has 0 bridgehead atoms. The van der Waals surface area contributed by atoms with Gasteiger partial charge in [0.15, 0.2) is 0 Å². The lowest BCUT2D eigenvalue weighted by atomic mass is 10.1. The van der Waals surface area contributed by atoms with Gasteiger partial charge in [-0.25, -0.2) is 8.78 Å². The SMILES string of the molecule is O=C1CC(C(=O)NCCc2cc(F)cc(F)c2)CN1. The molecule has 6 heteroatoms. The number of nitrogens with one attached hydrogen (secondary N) is 2. The Morgan fingerprint density at radius 1 is 1.32 bits per heavy atom. The molecular formula is C13H14F2N2O2. The van der Waals surface area contributed by atoms with Crippen molar-refractivity contribution in [2.75, 3.05) is 13.1 Å². The maximum atomic E-state index is 12.9. The van der Waals surface area contributed by atoms with Crippen LogP contribution in [0.4, 0.5) is 8.78 Å². The minimum absolute atomic E-state index is 0.132. The van der Waals surface area contributed by atoms with E-state index in [9.17, 15) is 18.4 Å².